The monoisotopic (exact) mass is 531 g/mol. The Bertz CT molecular complexity index is 962. The van der Waals surface area contributed by atoms with Gasteiger partial charge in [-0.05, 0) is 90.7 Å². The van der Waals surface area contributed by atoms with E-state index >= 15 is 0 Å². The van der Waals surface area contributed by atoms with Gasteiger partial charge in [-0.3, -0.25) is 9.59 Å². The maximum Gasteiger partial charge on any atom is 0.254 e. The van der Waals surface area contributed by atoms with Gasteiger partial charge >= 0.3 is 0 Å². The molecule has 2 amide bonds. The number of amides is 2. The second kappa shape index (κ2) is 10.1. The lowest BCUT2D eigenvalue weighted by atomic mass is 10.0. The highest BCUT2D eigenvalue weighted by molar-refractivity contribution is 14.1. The van der Waals surface area contributed by atoms with E-state index in [4.69, 9.17) is 0 Å². The summed E-state index contributed by atoms with van der Waals surface area (Å²) >= 11 is 2.29. The van der Waals surface area contributed by atoms with Crippen molar-refractivity contribution >= 4 is 34.4 Å². The molecule has 1 fully saturated rings. The van der Waals surface area contributed by atoms with Crippen molar-refractivity contribution in [2.45, 2.75) is 51.7 Å². The highest BCUT2D eigenvalue weighted by Gasteiger charge is 2.28. The minimum absolute atomic E-state index is 0.00240. The van der Waals surface area contributed by atoms with Crippen LogP contribution in [0.2, 0.25) is 0 Å². The second-order valence-electron chi connectivity index (χ2n) is 8.65. The molecule has 0 aliphatic carbocycles. The lowest BCUT2D eigenvalue weighted by molar-refractivity contribution is 0.0766. The van der Waals surface area contributed by atoms with Crippen molar-refractivity contribution in [1.82, 2.24) is 15.1 Å². The highest BCUT2D eigenvalue weighted by atomic mass is 127. The Morgan fingerprint density at radius 2 is 2.06 bits per heavy atom. The number of halogens is 1. The fraction of sp³-hybridized carbons (Fsp3) is 0.440. The van der Waals surface area contributed by atoms with Crippen molar-refractivity contribution in [3.05, 3.63) is 68.3 Å². The molecule has 2 aliphatic heterocycles. The molecular formula is C25H30IN3O2. The molecule has 1 saturated heterocycles. The normalized spacial score (nSPS) is 18.8. The number of benzene rings is 2. The summed E-state index contributed by atoms with van der Waals surface area (Å²) in [4.78, 5) is 29.9. The van der Waals surface area contributed by atoms with Crippen molar-refractivity contribution in [3.8, 4) is 0 Å². The summed E-state index contributed by atoms with van der Waals surface area (Å²) in [6.45, 7) is 6.32. The first-order valence-corrected chi connectivity index (χ1v) is 12.3. The molecule has 1 atom stereocenters. The molecule has 4 rings (SSSR count). The molecule has 2 aliphatic rings. The van der Waals surface area contributed by atoms with Gasteiger partial charge in [-0.2, -0.15) is 0 Å². The number of carbonyl (C=O) groups excluding carboxylic acids is 2. The molecule has 2 aromatic rings. The number of hydrogen-bond donors (Lipinski definition) is 1. The Morgan fingerprint density at radius 1 is 1.19 bits per heavy atom. The van der Waals surface area contributed by atoms with Crippen LogP contribution in [0.1, 0.15) is 64.4 Å². The van der Waals surface area contributed by atoms with Crippen LogP contribution in [0.15, 0.2) is 42.5 Å². The van der Waals surface area contributed by atoms with Crippen LogP contribution in [-0.2, 0) is 13.1 Å². The molecule has 2 heterocycles. The number of nitrogens with zero attached hydrogens (tertiary/aromatic N) is 2. The molecule has 0 saturated carbocycles. The largest absolute Gasteiger partial charge is 0.352 e. The fourth-order valence-electron chi connectivity index (χ4n) is 4.56. The molecule has 1 N–H and O–H groups in total. The number of likely N-dealkylation sites (tertiary alicyclic amines) is 1. The number of hydrogen-bond acceptors (Lipinski definition) is 3. The first kappa shape index (κ1) is 22.3. The Labute approximate surface area is 198 Å². The minimum atomic E-state index is -0.0987. The average Bonchev–Trinajstić information content (AvgIpc) is 3.07. The molecule has 5 nitrogen and oxygen atoms in total. The van der Waals surface area contributed by atoms with E-state index in [0.717, 1.165) is 27.7 Å². The van der Waals surface area contributed by atoms with E-state index in [1.165, 1.54) is 25.8 Å². The lowest BCUT2D eigenvalue weighted by Crippen LogP contribution is -2.39. The van der Waals surface area contributed by atoms with Crippen LogP contribution in [0.4, 0.5) is 0 Å². The Morgan fingerprint density at radius 3 is 2.87 bits per heavy atom. The molecule has 1 unspecified atom stereocenters. The standard InChI is InChI=1S/C25H30IN3O2/c1-18-6-2-3-12-28(18)13-5-11-27-24(30)20-9-10-21-17-29(25(31)23(21)15-20)16-19-7-4-8-22(26)14-19/h4,7-10,14-15,18H,2-3,5-6,11-13,16-17H2,1H3,(H,27,30). The third-order valence-corrected chi connectivity index (χ3v) is 7.03. The number of rotatable bonds is 7. The zero-order chi connectivity index (χ0) is 21.8. The van der Waals surface area contributed by atoms with Gasteiger partial charge in [0.1, 0.15) is 0 Å². The smallest absolute Gasteiger partial charge is 0.254 e. The van der Waals surface area contributed by atoms with E-state index in [1.54, 1.807) is 6.07 Å². The number of carbonyl (C=O) groups is 2. The zero-order valence-corrected chi connectivity index (χ0v) is 20.2. The van der Waals surface area contributed by atoms with Crippen LogP contribution in [0.3, 0.4) is 0 Å². The number of nitrogens with one attached hydrogen (secondary N) is 1. The maximum atomic E-state index is 12.9. The molecule has 6 heteroatoms. The summed E-state index contributed by atoms with van der Waals surface area (Å²) in [6.07, 6.45) is 4.83. The minimum Gasteiger partial charge on any atom is -0.352 e. The molecule has 0 bridgehead atoms. The predicted octanol–water partition coefficient (Wildman–Crippen LogP) is 4.44. The van der Waals surface area contributed by atoms with Crippen molar-refractivity contribution in [1.29, 1.82) is 0 Å². The van der Waals surface area contributed by atoms with Crippen LogP contribution in [0.5, 0.6) is 0 Å². The summed E-state index contributed by atoms with van der Waals surface area (Å²) in [7, 11) is 0. The summed E-state index contributed by atoms with van der Waals surface area (Å²) in [6, 6.07) is 14.4. The predicted molar refractivity (Wildman–Crippen MR) is 131 cm³/mol. The van der Waals surface area contributed by atoms with Gasteiger partial charge in [-0.25, -0.2) is 0 Å². The van der Waals surface area contributed by atoms with Gasteiger partial charge in [0, 0.05) is 46.9 Å². The molecule has 2 aromatic carbocycles. The van der Waals surface area contributed by atoms with E-state index in [-0.39, 0.29) is 11.8 Å². The SMILES string of the molecule is CC1CCCCN1CCCNC(=O)c1ccc2c(c1)C(=O)N(Cc1cccc(I)c1)C2. The average molecular weight is 531 g/mol. The number of piperidine rings is 1. The van der Waals surface area contributed by atoms with E-state index in [0.29, 0.717) is 36.8 Å². The molecule has 31 heavy (non-hydrogen) atoms. The Balaban J connectivity index is 1.31. The molecule has 0 aromatic heterocycles. The summed E-state index contributed by atoms with van der Waals surface area (Å²) in [5.74, 6) is -0.0963. The van der Waals surface area contributed by atoms with Crippen molar-refractivity contribution in [3.63, 3.8) is 0 Å². The zero-order valence-electron chi connectivity index (χ0n) is 18.1. The van der Waals surface area contributed by atoms with E-state index in [1.807, 2.05) is 35.2 Å². The summed E-state index contributed by atoms with van der Waals surface area (Å²) < 4.78 is 1.16. The van der Waals surface area contributed by atoms with E-state index < -0.39 is 0 Å². The topological polar surface area (TPSA) is 52.7 Å². The highest BCUT2D eigenvalue weighted by Crippen LogP contribution is 2.26. The lowest BCUT2D eigenvalue weighted by Gasteiger charge is -2.33. The third kappa shape index (κ3) is 5.47. The van der Waals surface area contributed by atoms with Gasteiger partial charge in [0.05, 0.1) is 0 Å². The van der Waals surface area contributed by atoms with Crippen molar-refractivity contribution in [2.75, 3.05) is 19.6 Å². The van der Waals surface area contributed by atoms with Gasteiger partial charge in [0.2, 0.25) is 0 Å². The van der Waals surface area contributed by atoms with Gasteiger partial charge in [0.15, 0.2) is 0 Å². The number of fused-ring (bicyclic) bond motifs is 1. The first-order valence-electron chi connectivity index (χ1n) is 11.2. The van der Waals surface area contributed by atoms with E-state index in [9.17, 15) is 9.59 Å². The molecule has 0 radical (unpaired) electrons. The van der Waals surface area contributed by atoms with Crippen LogP contribution in [-0.4, -0.2) is 47.3 Å². The van der Waals surface area contributed by atoms with Crippen molar-refractivity contribution in [2.24, 2.45) is 0 Å². The second-order valence-corrected chi connectivity index (χ2v) is 9.90. The Kier molecular flexibility index (Phi) is 7.27. The molecule has 164 valence electrons. The van der Waals surface area contributed by atoms with Gasteiger partial charge in [-0.15, -0.1) is 0 Å². The summed E-state index contributed by atoms with van der Waals surface area (Å²) in [5.41, 5.74) is 3.33. The summed E-state index contributed by atoms with van der Waals surface area (Å²) in [5, 5.41) is 3.03. The van der Waals surface area contributed by atoms with Gasteiger partial charge < -0.3 is 15.1 Å². The van der Waals surface area contributed by atoms with Crippen LogP contribution in [0, 0.1) is 3.57 Å². The molecular weight excluding hydrogens is 501 g/mol. The van der Waals surface area contributed by atoms with Gasteiger partial charge in [0.25, 0.3) is 11.8 Å². The van der Waals surface area contributed by atoms with Crippen LogP contribution in [0.25, 0.3) is 0 Å². The maximum absolute atomic E-state index is 12.9. The van der Waals surface area contributed by atoms with Gasteiger partial charge in [-0.1, -0.05) is 24.6 Å². The third-order valence-electron chi connectivity index (χ3n) is 6.36. The first-order chi connectivity index (χ1) is 15.0. The quantitative estimate of drug-likeness (QED) is 0.425. The fourth-order valence-corrected chi connectivity index (χ4v) is 5.17. The van der Waals surface area contributed by atoms with Crippen LogP contribution < -0.4 is 5.32 Å². The molecule has 0 spiro atoms. The van der Waals surface area contributed by atoms with E-state index in [2.05, 4.69) is 45.8 Å². The van der Waals surface area contributed by atoms with Crippen LogP contribution >= 0.6 is 22.6 Å². The van der Waals surface area contributed by atoms with Crippen molar-refractivity contribution < 1.29 is 9.59 Å². The Hall–Kier alpha value is -1.93.